The van der Waals surface area contributed by atoms with E-state index in [-0.39, 0.29) is 12.6 Å². The number of nitrogens with zero attached hydrogens (tertiary/aromatic N) is 2. The molecule has 1 aromatic heterocycles. The van der Waals surface area contributed by atoms with Crippen LogP contribution in [0.25, 0.3) is 0 Å². The molecule has 0 radical (unpaired) electrons. The summed E-state index contributed by atoms with van der Waals surface area (Å²) in [7, 11) is 0. The van der Waals surface area contributed by atoms with Gasteiger partial charge in [0.2, 0.25) is 5.91 Å². The summed E-state index contributed by atoms with van der Waals surface area (Å²) in [5, 5.41) is 0. The molecule has 3 rings (SSSR count). The molecule has 144 valence electrons. The van der Waals surface area contributed by atoms with Crippen LogP contribution in [0, 0.1) is 0 Å². The van der Waals surface area contributed by atoms with Crippen LogP contribution in [0.4, 0.5) is 13.2 Å². The molecule has 5 nitrogen and oxygen atoms in total. The molecule has 2 heterocycles. The Bertz CT molecular complexity index is 881. The summed E-state index contributed by atoms with van der Waals surface area (Å²) in [5.41, 5.74) is -1.62. The van der Waals surface area contributed by atoms with Crippen molar-refractivity contribution in [1.29, 1.82) is 0 Å². The SMILES string of the molecule is O=C(Cn1cccc(C(F)(F)F)c1=O)N1CCOC(c2ccc(Br)cc2)C1. The molecule has 1 unspecified atom stereocenters. The average Bonchev–Trinajstić information content (AvgIpc) is 2.63. The first-order valence-corrected chi connectivity index (χ1v) is 8.96. The number of hydrogen-bond acceptors (Lipinski definition) is 3. The summed E-state index contributed by atoms with van der Waals surface area (Å²) >= 11 is 3.35. The first-order chi connectivity index (χ1) is 12.8. The van der Waals surface area contributed by atoms with E-state index in [9.17, 15) is 22.8 Å². The average molecular weight is 445 g/mol. The highest BCUT2D eigenvalue weighted by molar-refractivity contribution is 9.10. The van der Waals surface area contributed by atoms with Crippen LogP contribution < -0.4 is 5.56 Å². The van der Waals surface area contributed by atoms with Gasteiger partial charge in [0.15, 0.2) is 0 Å². The van der Waals surface area contributed by atoms with Crippen molar-refractivity contribution in [1.82, 2.24) is 9.47 Å². The van der Waals surface area contributed by atoms with E-state index >= 15 is 0 Å². The van der Waals surface area contributed by atoms with Crippen LogP contribution in [0.15, 0.2) is 51.9 Å². The molecular formula is C18H16BrF3N2O3. The molecule has 1 saturated heterocycles. The Balaban J connectivity index is 1.73. The normalized spacial score (nSPS) is 17.8. The number of ether oxygens (including phenoxy) is 1. The third kappa shape index (κ3) is 4.59. The van der Waals surface area contributed by atoms with Crippen molar-refractivity contribution in [3.8, 4) is 0 Å². The molecule has 0 spiro atoms. The first kappa shape index (κ1) is 19.6. The summed E-state index contributed by atoms with van der Waals surface area (Å²) in [4.78, 5) is 26.0. The highest BCUT2D eigenvalue weighted by atomic mass is 79.9. The van der Waals surface area contributed by atoms with Crippen molar-refractivity contribution < 1.29 is 22.7 Å². The lowest BCUT2D eigenvalue weighted by Crippen LogP contribution is -2.44. The predicted molar refractivity (Wildman–Crippen MR) is 95.1 cm³/mol. The van der Waals surface area contributed by atoms with Crippen LogP contribution in [-0.4, -0.2) is 35.1 Å². The zero-order chi connectivity index (χ0) is 19.6. The monoisotopic (exact) mass is 444 g/mol. The van der Waals surface area contributed by atoms with E-state index < -0.39 is 29.8 Å². The maximum atomic E-state index is 12.9. The van der Waals surface area contributed by atoms with Crippen molar-refractivity contribution in [3.05, 3.63) is 68.5 Å². The van der Waals surface area contributed by atoms with Gasteiger partial charge >= 0.3 is 6.18 Å². The predicted octanol–water partition coefficient (Wildman–Crippen LogP) is 3.23. The van der Waals surface area contributed by atoms with E-state index in [4.69, 9.17) is 4.74 Å². The first-order valence-electron chi connectivity index (χ1n) is 8.17. The van der Waals surface area contributed by atoms with Crippen LogP contribution in [0.3, 0.4) is 0 Å². The number of hydrogen-bond donors (Lipinski definition) is 0. The van der Waals surface area contributed by atoms with E-state index in [1.807, 2.05) is 24.3 Å². The number of aromatic nitrogens is 1. The second-order valence-corrected chi connectivity index (χ2v) is 7.02. The van der Waals surface area contributed by atoms with E-state index in [0.29, 0.717) is 19.2 Å². The van der Waals surface area contributed by atoms with Crippen molar-refractivity contribution in [2.24, 2.45) is 0 Å². The van der Waals surface area contributed by atoms with Gasteiger partial charge in [-0.15, -0.1) is 0 Å². The van der Waals surface area contributed by atoms with Gasteiger partial charge < -0.3 is 14.2 Å². The summed E-state index contributed by atoms with van der Waals surface area (Å²) in [6.45, 7) is 0.452. The Hall–Kier alpha value is -2.13. The zero-order valence-electron chi connectivity index (χ0n) is 14.1. The Kier molecular flexibility index (Phi) is 5.71. The van der Waals surface area contributed by atoms with Gasteiger partial charge in [0, 0.05) is 17.2 Å². The van der Waals surface area contributed by atoms with Gasteiger partial charge in [0.25, 0.3) is 5.56 Å². The lowest BCUT2D eigenvalue weighted by molar-refractivity contribution is -0.141. The largest absolute Gasteiger partial charge is 0.421 e. The van der Waals surface area contributed by atoms with Crippen LogP contribution in [0.1, 0.15) is 17.2 Å². The van der Waals surface area contributed by atoms with Crippen LogP contribution >= 0.6 is 15.9 Å². The highest BCUT2D eigenvalue weighted by Gasteiger charge is 2.34. The Morgan fingerprint density at radius 2 is 1.93 bits per heavy atom. The number of morpholine rings is 1. The number of amides is 1. The van der Waals surface area contributed by atoms with Gasteiger partial charge in [-0.2, -0.15) is 13.2 Å². The van der Waals surface area contributed by atoms with E-state index in [2.05, 4.69) is 15.9 Å². The minimum absolute atomic E-state index is 0.272. The lowest BCUT2D eigenvalue weighted by Gasteiger charge is -2.33. The van der Waals surface area contributed by atoms with Crippen molar-refractivity contribution in [2.75, 3.05) is 19.7 Å². The Labute approximate surface area is 161 Å². The maximum absolute atomic E-state index is 12.9. The molecule has 0 aliphatic carbocycles. The fourth-order valence-corrected chi connectivity index (χ4v) is 3.14. The van der Waals surface area contributed by atoms with Crippen molar-refractivity contribution in [2.45, 2.75) is 18.8 Å². The number of halogens is 4. The maximum Gasteiger partial charge on any atom is 0.421 e. The second kappa shape index (κ2) is 7.85. The Morgan fingerprint density at radius 3 is 2.59 bits per heavy atom. The molecule has 0 N–H and O–H groups in total. The molecular weight excluding hydrogens is 429 g/mol. The van der Waals surface area contributed by atoms with Crippen LogP contribution in [0.2, 0.25) is 0 Å². The van der Waals surface area contributed by atoms with Gasteiger partial charge in [0.05, 0.1) is 13.2 Å². The molecule has 1 aliphatic rings. The molecule has 0 bridgehead atoms. The summed E-state index contributed by atoms with van der Waals surface area (Å²) in [6, 6.07) is 9.30. The number of pyridine rings is 1. The fourth-order valence-electron chi connectivity index (χ4n) is 2.88. The third-order valence-electron chi connectivity index (χ3n) is 4.29. The summed E-state index contributed by atoms with van der Waals surface area (Å²) < 4.78 is 46.0. The topological polar surface area (TPSA) is 51.5 Å². The minimum atomic E-state index is -4.76. The number of alkyl halides is 3. The second-order valence-electron chi connectivity index (χ2n) is 6.10. The number of benzene rings is 1. The summed E-state index contributed by atoms with van der Waals surface area (Å²) in [6.07, 6.45) is -3.90. The van der Waals surface area contributed by atoms with E-state index in [1.54, 1.807) is 0 Å². The van der Waals surface area contributed by atoms with Gasteiger partial charge in [-0.25, -0.2) is 0 Å². The molecule has 1 atom stereocenters. The number of rotatable bonds is 3. The smallest absolute Gasteiger partial charge is 0.370 e. The third-order valence-corrected chi connectivity index (χ3v) is 4.82. The molecule has 1 fully saturated rings. The standard InChI is InChI=1S/C18H16BrF3N2O3/c19-13-5-3-12(4-6-13)15-10-23(8-9-27-15)16(25)11-24-7-1-2-14(17(24)26)18(20,21)22/h1-7,15H,8-11H2. The van der Waals surface area contributed by atoms with Crippen LogP contribution in [-0.2, 0) is 22.3 Å². The molecule has 27 heavy (non-hydrogen) atoms. The summed E-state index contributed by atoms with van der Waals surface area (Å²) in [5.74, 6) is -0.429. The van der Waals surface area contributed by atoms with Gasteiger partial charge in [-0.1, -0.05) is 28.1 Å². The van der Waals surface area contributed by atoms with Crippen molar-refractivity contribution >= 4 is 21.8 Å². The highest BCUT2D eigenvalue weighted by Crippen LogP contribution is 2.26. The van der Waals surface area contributed by atoms with Crippen molar-refractivity contribution in [3.63, 3.8) is 0 Å². The fraction of sp³-hybridized carbons (Fsp3) is 0.333. The van der Waals surface area contributed by atoms with E-state index in [0.717, 1.165) is 20.7 Å². The number of carbonyl (C=O) groups excluding carboxylic acids is 1. The Morgan fingerprint density at radius 1 is 1.22 bits per heavy atom. The molecule has 1 aliphatic heterocycles. The molecule has 0 saturated carbocycles. The van der Waals surface area contributed by atoms with Gasteiger partial charge in [0.1, 0.15) is 18.2 Å². The lowest BCUT2D eigenvalue weighted by atomic mass is 10.1. The molecule has 2 aromatic rings. The van der Waals surface area contributed by atoms with Gasteiger partial charge in [-0.3, -0.25) is 9.59 Å². The van der Waals surface area contributed by atoms with Crippen LogP contribution in [0.5, 0.6) is 0 Å². The minimum Gasteiger partial charge on any atom is -0.370 e. The zero-order valence-corrected chi connectivity index (χ0v) is 15.7. The van der Waals surface area contributed by atoms with Gasteiger partial charge in [-0.05, 0) is 29.8 Å². The van der Waals surface area contributed by atoms with E-state index in [1.165, 1.54) is 11.1 Å². The quantitative estimate of drug-likeness (QED) is 0.730. The number of carbonyl (C=O) groups is 1. The molecule has 1 aromatic carbocycles. The molecule has 9 heteroatoms. The molecule has 1 amide bonds.